The van der Waals surface area contributed by atoms with Gasteiger partial charge in [0, 0.05) is 11.6 Å². The fourth-order valence-electron chi connectivity index (χ4n) is 2.15. The number of hydrogen-bond donors (Lipinski definition) is 1. The second kappa shape index (κ2) is 5.32. The first-order valence-corrected chi connectivity index (χ1v) is 5.78. The zero-order valence-corrected chi connectivity index (χ0v) is 9.69. The van der Waals surface area contributed by atoms with Crippen LogP contribution in [0.15, 0.2) is 24.3 Å². The predicted molar refractivity (Wildman–Crippen MR) is 63.4 cm³/mol. The molecule has 0 aromatic heterocycles. The van der Waals surface area contributed by atoms with E-state index in [2.05, 4.69) is 0 Å². The van der Waals surface area contributed by atoms with Crippen LogP contribution in [0.1, 0.15) is 24.8 Å². The summed E-state index contributed by atoms with van der Waals surface area (Å²) in [6.45, 7) is 0.612. The highest BCUT2D eigenvalue weighted by Crippen LogP contribution is 2.24. The van der Waals surface area contributed by atoms with Gasteiger partial charge in [0.2, 0.25) is 0 Å². The van der Waals surface area contributed by atoms with Gasteiger partial charge in [-0.05, 0) is 25.3 Å². The number of nitrogens with two attached hydrogens (primary N) is 1. The van der Waals surface area contributed by atoms with Gasteiger partial charge in [-0.2, -0.15) is 0 Å². The van der Waals surface area contributed by atoms with Crippen molar-refractivity contribution in [3.63, 3.8) is 0 Å². The summed E-state index contributed by atoms with van der Waals surface area (Å²) in [5.74, 6) is 0.893. The molecule has 1 aromatic carbocycles. The molecule has 1 aliphatic carbocycles. The highest BCUT2D eigenvalue weighted by Gasteiger charge is 2.22. The molecule has 0 spiro atoms. The van der Waals surface area contributed by atoms with Crippen molar-refractivity contribution in [1.82, 2.24) is 0 Å². The normalized spacial score (nSPS) is 24.6. The Hall–Kier alpha value is -1.06. The summed E-state index contributed by atoms with van der Waals surface area (Å²) in [5, 5.41) is 0. The maximum Gasteiger partial charge on any atom is 0.124 e. The molecule has 2 N–H and O–H groups in total. The Morgan fingerprint density at radius 3 is 2.81 bits per heavy atom. The van der Waals surface area contributed by atoms with Crippen LogP contribution in [0.2, 0.25) is 0 Å². The van der Waals surface area contributed by atoms with Gasteiger partial charge < -0.3 is 15.2 Å². The first-order valence-electron chi connectivity index (χ1n) is 5.78. The predicted octanol–water partition coefficient (Wildman–Crippen LogP) is 2.09. The van der Waals surface area contributed by atoms with E-state index in [1.54, 1.807) is 7.11 Å². The van der Waals surface area contributed by atoms with Gasteiger partial charge in [-0.15, -0.1) is 0 Å². The summed E-state index contributed by atoms with van der Waals surface area (Å²) in [7, 11) is 1.68. The molecule has 1 saturated carbocycles. The number of hydrogen-bond acceptors (Lipinski definition) is 3. The second-order valence-electron chi connectivity index (χ2n) is 4.32. The highest BCUT2D eigenvalue weighted by atomic mass is 16.5. The van der Waals surface area contributed by atoms with E-state index in [1.165, 1.54) is 0 Å². The summed E-state index contributed by atoms with van der Waals surface area (Å²) < 4.78 is 11.1. The molecule has 1 fully saturated rings. The molecule has 1 aliphatic rings. The molecular formula is C13H19NO2. The Morgan fingerprint density at radius 1 is 1.31 bits per heavy atom. The summed E-state index contributed by atoms with van der Waals surface area (Å²) in [5.41, 5.74) is 6.95. The van der Waals surface area contributed by atoms with Gasteiger partial charge in [-0.1, -0.05) is 18.2 Å². The zero-order chi connectivity index (χ0) is 11.4. The quantitative estimate of drug-likeness (QED) is 0.846. The molecule has 2 unspecified atom stereocenters. The highest BCUT2D eigenvalue weighted by molar-refractivity contribution is 5.32. The Bertz CT molecular complexity index is 340. The van der Waals surface area contributed by atoms with Crippen molar-refractivity contribution in [1.29, 1.82) is 0 Å². The fourth-order valence-corrected chi connectivity index (χ4v) is 2.15. The largest absolute Gasteiger partial charge is 0.496 e. The third-order valence-electron chi connectivity index (χ3n) is 3.09. The first kappa shape index (κ1) is 11.4. The Kier molecular flexibility index (Phi) is 3.80. The minimum atomic E-state index is 0.319. The third kappa shape index (κ3) is 2.74. The average Bonchev–Trinajstić information content (AvgIpc) is 2.73. The average molecular weight is 221 g/mol. The van der Waals surface area contributed by atoms with E-state index in [-0.39, 0.29) is 0 Å². The summed E-state index contributed by atoms with van der Waals surface area (Å²) in [6.07, 6.45) is 3.46. The van der Waals surface area contributed by atoms with E-state index in [1.807, 2.05) is 24.3 Å². The molecule has 3 heteroatoms. The van der Waals surface area contributed by atoms with E-state index in [4.69, 9.17) is 15.2 Å². The lowest BCUT2D eigenvalue weighted by atomic mass is 10.2. The molecular weight excluding hydrogens is 202 g/mol. The molecule has 16 heavy (non-hydrogen) atoms. The van der Waals surface area contributed by atoms with Gasteiger partial charge in [0.1, 0.15) is 5.75 Å². The standard InChI is InChI=1S/C13H19NO2/c1-15-13-5-3-2-4-10(13)9-16-12-7-6-11(14)8-12/h2-5,11-12H,6-9,14H2,1H3. The summed E-state index contributed by atoms with van der Waals surface area (Å²) >= 11 is 0. The second-order valence-corrected chi connectivity index (χ2v) is 4.32. The topological polar surface area (TPSA) is 44.5 Å². The van der Waals surface area contributed by atoms with Crippen molar-refractivity contribution in [2.75, 3.05) is 7.11 Å². The van der Waals surface area contributed by atoms with E-state index in [0.717, 1.165) is 30.6 Å². The third-order valence-corrected chi connectivity index (χ3v) is 3.09. The van der Waals surface area contributed by atoms with Gasteiger partial charge in [0.15, 0.2) is 0 Å². The van der Waals surface area contributed by atoms with E-state index in [0.29, 0.717) is 18.8 Å². The number of ether oxygens (including phenoxy) is 2. The van der Waals surface area contributed by atoms with Crippen LogP contribution in [-0.4, -0.2) is 19.3 Å². The van der Waals surface area contributed by atoms with E-state index >= 15 is 0 Å². The molecule has 88 valence electrons. The molecule has 0 saturated heterocycles. The van der Waals surface area contributed by atoms with Gasteiger partial charge >= 0.3 is 0 Å². The molecule has 0 aliphatic heterocycles. The molecule has 2 rings (SSSR count). The zero-order valence-electron chi connectivity index (χ0n) is 9.69. The van der Waals surface area contributed by atoms with Crippen molar-refractivity contribution in [2.45, 2.75) is 38.0 Å². The summed E-state index contributed by atoms with van der Waals surface area (Å²) in [6, 6.07) is 8.28. The van der Waals surface area contributed by atoms with Crippen molar-refractivity contribution >= 4 is 0 Å². The van der Waals surface area contributed by atoms with E-state index in [9.17, 15) is 0 Å². The van der Waals surface area contributed by atoms with Crippen LogP contribution < -0.4 is 10.5 Å². The van der Waals surface area contributed by atoms with Crippen molar-refractivity contribution in [3.8, 4) is 5.75 Å². The van der Waals surface area contributed by atoms with Crippen LogP contribution in [0.5, 0.6) is 5.75 Å². The smallest absolute Gasteiger partial charge is 0.124 e. The minimum Gasteiger partial charge on any atom is -0.496 e. The lowest BCUT2D eigenvalue weighted by Gasteiger charge is -2.13. The van der Waals surface area contributed by atoms with Crippen LogP contribution in [0.3, 0.4) is 0 Å². The van der Waals surface area contributed by atoms with Crippen LogP contribution in [-0.2, 0) is 11.3 Å². The Balaban J connectivity index is 1.89. The van der Waals surface area contributed by atoms with Crippen molar-refractivity contribution < 1.29 is 9.47 Å². The lowest BCUT2D eigenvalue weighted by Crippen LogP contribution is -2.17. The number of para-hydroxylation sites is 1. The number of methoxy groups -OCH3 is 1. The maximum absolute atomic E-state index is 5.85. The van der Waals surface area contributed by atoms with Gasteiger partial charge in [-0.3, -0.25) is 0 Å². The van der Waals surface area contributed by atoms with E-state index < -0.39 is 0 Å². The molecule has 0 amide bonds. The minimum absolute atomic E-state index is 0.319. The number of benzene rings is 1. The van der Waals surface area contributed by atoms with Crippen LogP contribution in [0.4, 0.5) is 0 Å². The monoisotopic (exact) mass is 221 g/mol. The lowest BCUT2D eigenvalue weighted by molar-refractivity contribution is 0.0438. The SMILES string of the molecule is COc1ccccc1COC1CCC(N)C1. The molecule has 1 aromatic rings. The van der Waals surface area contributed by atoms with Crippen molar-refractivity contribution in [2.24, 2.45) is 5.73 Å². The molecule has 3 nitrogen and oxygen atoms in total. The fraction of sp³-hybridized carbons (Fsp3) is 0.538. The summed E-state index contributed by atoms with van der Waals surface area (Å²) in [4.78, 5) is 0. The van der Waals surface area contributed by atoms with Crippen LogP contribution >= 0.6 is 0 Å². The van der Waals surface area contributed by atoms with Gasteiger partial charge in [0.05, 0.1) is 19.8 Å². The molecule has 2 atom stereocenters. The van der Waals surface area contributed by atoms with Gasteiger partial charge in [0.25, 0.3) is 0 Å². The Morgan fingerprint density at radius 2 is 2.12 bits per heavy atom. The van der Waals surface area contributed by atoms with Crippen LogP contribution in [0, 0.1) is 0 Å². The first-order chi connectivity index (χ1) is 7.79. The van der Waals surface area contributed by atoms with Crippen LogP contribution in [0.25, 0.3) is 0 Å². The molecule has 0 radical (unpaired) electrons. The van der Waals surface area contributed by atoms with Crippen molar-refractivity contribution in [3.05, 3.63) is 29.8 Å². The molecule has 0 heterocycles. The number of rotatable bonds is 4. The maximum atomic E-state index is 5.85. The van der Waals surface area contributed by atoms with Gasteiger partial charge in [-0.25, -0.2) is 0 Å². The Labute approximate surface area is 96.5 Å². The molecule has 0 bridgehead atoms.